The van der Waals surface area contributed by atoms with Crippen LogP contribution in [0.1, 0.15) is 28.9 Å². The van der Waals surface area contributed by atoms with Crippen molar-refractivity contribution in [1.82, 2.24) is 10.3 Å². The summed E-state index contributed by atoms with van der Waals surface area (Å²) in [6.45, 7) is 8.88. The Hall–Kier alpha value is -1.14. The van der Waals surface area contributed by atoms with Crippen molar-refractivity contribution in [3.63, 3.8) is 0 Å². The van der Waals surface area contributed by atoms with Gasteiger partial charge in [0.25, 0.3) is 0 Å². The first-order valence-corrected chi connectivity index (χ1v) is 6.99. The number of aromatic nitrogens is 1. The average molecular weight is 270 g/mol. The lowest BCUT2D eigenvalue weighted by atomic mass is 10.4. The van der Waals surface area contributed by atoms with E-state index in [0.29, 0.717) is 12.5 Å². The number of hydrogen-bond acceptors (Lipinski definition) is 4. The zero-order valence-electron chi connectivity index (χ0n) is 11.3. The standard InChI is InChI=1S/C12H22N4OS/c1-4-17-7-5-6-14-12(13)15-8-11-9(2)18-10(3)16-11/h4-8H2,1-3H3,(H3,13,14,15). The van der Waals surface area contributed by atoms with Crippen LogP contribution >= 0.6 is 11.3 Å². The van der Waals surface area contributed by atoms with Gasteiger partial charge in [0.15, 0.2) is 5.96 Å². The van der Waals surface area contributed by atoms with Gasteiger partial charge in [0.2, 0.25) is 0 Å². The van der Waals surface area contributed by atoms with E-state index < -0.39 is 0 Å². The van der Waals surface area contributed by atoms with Crippen LogP contribution in [0.2, 0.25) is 0 Å². The maximum absolute atomic E-state index is 5.77. The fourth-order valence-corrected chi connectivity index (χ4v) is 2.30. The Bertz CT molecular complexity index is 389. The number of nitrogens with two attached hydrogens (primary N) is 1. The largest absolute Gasteiger partial charge is 0.382 e. The lowest BCUT2D eigenvalue weighted by Crippen LogP contribution is -2.32. The smallest absolute Gasteiger partial charge is 0.188 e. The summed E-state index contributed by atoms with van der Waals surface area (Å²) in [5, 5.41) is 4.13. The summed E-state index contributed by atoms with van der Waals surface area (Å²) in [7, 11) is 0. The first-order chi connectivity index (χ1) is 8.63. The molecule has 0 saturated heterocycles. The number of thiazole rings is 1. The number of ether oxygens (including phenoxy) is 1. The molecule has 0 bridgehead atoms. The number of nitrogens with zero attached hydrogens (tertiary/aromatic N) is 2. The van der Waals surface area contributed by atoms with E-state index in [0.717, 1.165) is 36.9 Å². The van der Waals surface area contributed by atoms with Gasteiger partial charge in [-0.25, -0.2) is 9.98 Å². The van der Waals surface area contributed by atoms with Crippen LogP contribution in [0.4, 0.5) is 0 Å². The maximum Gasteiger partial charge on any atom is 0.188 e. The van der Waals surface area contributed by atoms with Gasteiger partial charge in [-0.15, -0.1) is 11.3 Å². The number of rotatable bonds is 7. The zero-order chi connectivity index (χ0) is 13.4. The quantitative estimate of drug-likeness (QED) is 0.448. The van der Waals surface area contributed by atoms with E-state index in [9.17, 15) is 0 Å². The molecule has 0 spiro atoms. The number of aliphatic imine (C=N–C) groups is 1. The molecule has 0 fully saturated rings. The first-order valence-electron chi connectivity index (χ1n) is 6.18. The Morgan fingerprint density at radius 2 is 2.28 bits per heavy atom. The lowest BCUT2D eigenvalue weighted by molar-refractivity contribution is 0.145. The van der Waals surface area contributed by atoms with Gasteiger partial charge in [0.1, 0.15) is 0 Å². The predicted molar refractivity (Wildman–Crippen MR) is 76.0 cm³/mol. The Kier molecular flexibility index (Phi) is 6.67. The van der Waals surface area contributed by atoms with Crippen molar-refractivity contribution >= 4 is 17.3 Å². The molecule has 0 aliphatic heterocycles. The monoisotopic (exact) mass is 270 g/mol. The minimum Gasteiger partial charge on any atom is -0.382 e. The Labute approximate surface area is 112 Å². The fourth-order valence-electron chi connectivity index (χ4n) is 1.47. The molecule has 0 unspecified atom stereocenters. The van der Waals surface area contributed by atoms with E-state index in [1.165, 1.54) is 4.88 Å². The van der Waals surface area contributed by atoms with Crippen LogP contribution < -0.4 is 11.1 Å². The molecule has 102 valence electrons. The van der Waals surface area contributed by atoms with Gasteiger partial charge < -0.3 is 15.8 Å². The van der Waals surface area contributed by atoms with Crippen molar-refractivity contribution in [3.05, 3.63) is 15.6 Å². The molecule has 5 nitrogen and oxygen atoms in total. The average Bonchev–Trinajstić information content (AvgIpc) is 2.65. The van der Waals surface area contributed by atoms with Crippen LogP contribution in [0.5, 0.6) is 0 Å². The molecule has 1 aromatic heterocycles. The van der Waals surface area contributed by atoms with Crippen LogP contribution in [0.3, 0.4) is 0 Å². The third-order valence-electron chi connectivity index (χ3n) is 2.37. The second-order valence-electron chi connectivity index (χ2n) is 3.91. The molecule has 0 amide bonds. The number of aryl methyl sites for hydroxylation is 2. The molecule has 0 atom stereocenters. The second kappa shape index (κ2) is 8.05. The van der Waals surface area contributed by atoms with Crippen LogP contribution in [0.25, 0.3) is 0 Å². The molecule has 3 N–H and O–H groups in total. The fraction of sp³-hybridized carbons (Fsp3) is 0.667. The molecular weight excluding hydrogens is 248 g/mol. The summed E-state index contributed by atoms with van der Waals surface area (Å²) in [4.78, 5) is 9.89. The highest BCUT2D eigenvalue weighted by molar-refractivity contribution is 7.11. The molecule has 6 heteroatoms. The maximum atomic E-state index is 5.77. The second-order valence-corrected chi connectivity index (χ2v) is 5.32. The van der Waals surface area contributed by atoms with Crippen LogP contribution in [-0.2, 0) is 11.3 Å². The van der Waals surface area contributed by atoms with E-state index in [-0.39, 0.29) is 0 Å². The highest BCUT2D eigenvalue weighted by Crippen LogP contribution is 2.16. The molecule has 0 radical (unpaired) electrons. The van der Waals surface area contributed by atoms with Gasteiger partial charge in [-0.2, -0.15) is 0 Å². The molecule has 1 heterocycles. The Morgan fingerprint density at radius 1 is 1.50 bits per heavy atom. The van der Waals surface area contributed by atoms with Gasteiger partial charge in [-0.1, -0.05) is 0 Å². The summed E-state index contributed by atoms with van der Waals surface area (Å²) < 4.78 is 5.23. The van der Waals surface area contributed by atoms with Crippen molar-refractivity contribution in [3.8, 4) is 0 Å². The number of hydrogen-bond donors (Lipinski definition) is 2. The zero-order valence-corrected chi connectivity index (χ0v) is 12.1. The normalized spacial score (nSPS) is 11.8. The topological polar surface area (TPSA) is 72.5 Å². The highest BCUT2D eigenvalue weighted by atomic mass is 32.1. The van der Waals surface area contributed by atoms with E-state index in [2.05, 4.69) is 22.2 Å². The van der Waals surface area contributed by atoms with Gasteiger partial charge in [-0.3, -0.25) is 0 Å². The minimum absolute atomic E-state index is 0.469. The molecule has 18 heavy (non-hydrogen) atoms. The van der Waals surface area contributed by atoms with Crippen molar-refractivity contribution in [2.75, 3.05) is 19.8 Å². The molecule has 0 aliphatic carbocycles. The highest BCUT2D eigenvalue weighted by Gasteiger charge is 2.03. The summed E-state index contributed by atoms with van der Waals surface area (Å²) in [6.07, 6.45) is 0.929. The van der Waals surface area contributed by atoms with Crippen molar-refractivity contribution < 1.29 is 4.74 Å². The van der Waals surface area contributed by atoms with E-state index >= 15 is 0 Å². The predicted octanol–water partition coefficient (Wildman–Crippen LogP) is 1.59. The van der Waals surface area contributed by atoms with Gasteiger partial charge in [-0.05, 0) is 27.2 Å². The van der Waals surface area contributed by atoms with Crippen molar-refractivity contribution in [2.45, 2.75) is 33.7 Å². The van der Waals surface area contributed by atoms with E-state index in [1.54, 1.807) is 11.3 Å². The van der Waals surface area contributed by atoms with Crippen LogP contribution in [0, 0.1) is 13.8 Å². The summed E-state index contributed by atoms with van der Waals surface area (Å²) in [6, 6.07) is 0. The van der Waals surface area contributed by atoms with Gasteiger partial charge in [0, 0.05) is 24.6 Å². The Morgan fingerprint density at radius 3 is 2.89 bits per heavy atom. The van der Waals surface area contributed by atoms with E-state index in [4.69, 9.17) is 10.5 Å². The van der Waals surface area contributed by atoms with Gasteiger partial charge >= 0.3 is 0 Å². The molecule has 1 rings (SSSR count). The minimum atomic E-state index is 0.469. The third kappa shape index (κ3) is 5.46. The van der Waals surface area contributed by atoms with Crippen LogP contribution in [0.15, 0.2) is 4.99 Å². The van der Waals surface area contributed by atoms with E-state index in [1.807, 2.05) is 13.8 Å². The van der Waals surface area contributed by atoms with Gasteiger partial charge in [0.05, 0.1) is 17.2 Å². The third-order valence-corrected chi connectivity index (χ3v) is 3.30. The summed E-state index contributed by atoms with van der Waals surface area (Å²) in [5.41, 5.74) is 6.78. The number of guanidine groups is 1. The molecular formula is C12H22N4OS. The molecule has 0 aliphatic rings. The summed E-state index contributed by atoms with van der Waals surface area (Å²) >= 11 is 1.69. The van der Waals surface area contributed by atoms with Crippen molar-refractivity contribution in [2.24, 2.45) is 10.7 Å². The number of nitrogens with one attached hydrogen (secondary N) is 1. The molecule has 0 aromatic carbocycles. The molecule has 0 saturated carbocycles. The SMILES string of the molecule is CCOCCCNC(N)=NCc1nc(C)sc1C. The molecule has 1 aromatic rings. The Balaban J connectivity index is 2.27. The first kappa shape index (κ1) is 14.9. The lowest BCUT2D eigenvalue weighted by Gasteiger charge is -2.05. The van der Waals surface area contributed by atoms with Crippen molar-refractivity contribution in [1.29, 1.82) is 0 Å². The summed E-state index contributed by atoms with van der Waals surface area (Å²) in [5.74, 6) is 0.469. The van der Waals surface area contributed by atoms with Crippen LogP contribution in [-0.4, -0.2) is 30.7 Å².